The molecule has 1 heterocycles. The summed E-state index contributed by atoms with van der Waals surface area (Å²) in [5, 5.41) is 12.9. The molecular weight excluding hydrogens is 290 g/mol. The molecule has 0 saturated carbocycles. The van der Waals surface area contributed by atoms with Crippen LogP contribution in [0.5, 0.6) is 0 Å². The Morgan fingerprint density at radius 2 is 1.95 bits per heavy atom. The number of carbonyl (C=O) groups is 1. The largest absolute Gasteiger partial charge is 0.477 e. The van der Waals surface area contributed by atoms with E-state index in [1.165, 1.54) is 6.07 Å². The minimum Gasteiger partial charge on any atom is -0.477 e. The van der Waals surface area contributed by atoms with Crippen LogP contribution in [-0.2, 0) is 0 Å². The van der Waals surface area contributed by atoms with Crippen LogP contribution >= 0.6 is 11.6 Å². The molecule has 0 bridgehead atoms. The van der Waals surface area contributed by atoms with Crippen LogP contribution in [0.2, 0.25) is 5.02 Å². The monoisotopic (exact) mass is 305 g/mol. The highest BCUT2D eigenvalue weighted by atomic mass is 35.5. The van der Waals surface area contributed by atoms with Crippen molar-refractivity contribution in [1.82, 2.24) is 9.97 Å². The summed E-state index contributed by atoms with van der Waals surface area (Å²) in [6.07, 6.45) is 0. The number of nitrogens with one attached hydrogen (secondary N) is 1. The first-order chi connectivity index (χ1) is 9.95. The first-order valence-corrected chi connectivity index (χ1v) is 6.95. The molecule has 0 aliphatic carbocycles. The predicted molar refractivity (Wildman–Crippen MR) is 82.8 cm³/mol. The number of rotatable bonds is 5. The summed E-state index contributed by atoms with van der Waals surface area (Å²) in [4.78, 5) is 19.6. The average Bonchev–Trinajstić information content (AvgIpc) is 2.45. The van der Waals surface area contributed by atoms with E-state index >= 15 is 0 Å². The fourth-order valence-corrected chi connectivity index (χ4v) is 1.81. The van der Waals surface area contributed by atoms with Crippen LogP contribution in [0.1, 0.15) is 24.3 Å². The molecule has 21 heavy (non-hydrogen) atoms. The maximum absolute atomic E-state index is 11.2. The van der Waals surface area contributed by atoms with Gasteiger partial charge in [-0.1, -0.05) is 25.4 Å². The topological polar surface area (TPSA) is 75.1 Å². The van der Waals surface area contributed by atoms with Gasteiger partial charge in [0.25, 0.3) is 0 Å². The summed E-state index contributed by atoms with van der Waals surface area (Å²) in [5.41, 5.74) is 0.677. The lowest BCUT2D eigenvalue weighted by molar-refractivity contribution is 0.0690. The van der Waals surface area contributed by atoms with E-state index in [2.05, 4.69) is 29.1 Å². The van der Waals surface area contributed by atoms with Gasteiger partial charge in [0.05, 0.1) is 0 Å². The molecule has 5 nitrogen and oxygen atoms in total. The van der Waals surface area contributed by atoms with Gasteiger partial charge in [-0.2, -0.15) is 0 Å². The minimum absolute atomic E-state index is 0.0405. The highest BCUT2D eigenvalue weighted by molar-refractivity contribution is 6.30. The van der Waals surface area contributed by atoms with Crippen molar-refractivity contribution < 1.29 is 9.90 Å². The summed E-state index contributed by atoms with van der Waals surface area (Å²) in [6.45, 7) is 4.83. The van der Waals surface area contributed by atoms with E-state index in [0.29, 0.717) is 29.1 Å². The van der Waals surface area contributed by atoms with Gasteiger partial charge >= 0.3 is 5.97 Å². The Kier molecular flexibility index (Phi) is 4.75. The molecule has 2 aromatic rings. The Labute approximate surface area is 128 Å². The third-order valence-electron chi connectivity index (χ3n) is 2.74. The van der Waals surface area contributed by atoms with Crippen LogP contribution in [0.15, 0.2) is 30.3 Å². The summed E-state index contributed by atoms with van der Waals surface area (Å²) in [6, 6.07) is 8.39. The van der Waals surface area contributed by atoms with E-state index in [0.717, 1.165) is 5.56 Å². The van der Waals surface area contributed by atoms with Crippen molar-refractivity contribution in [3.63, 3.8) is 0 Å². The first-order valence-electron chi connectivity index (χ1n) is 6.58. The normalized spacial score (nSPS) is 10.7. The van der Waals surface area contributed by atoms with Crippen molar-refractivity contribution in [1.29, 1.82) is 0 Å². The molecule has 2 rings (SSSR count). The van der Waals surface area contributed by atoms with Crippen molar-refractivity contribution in [2.24, 2.45) is 5.92 Å². The Morgan fingerprint density at radius 3 is 2.52 bits per heavy atom. The van der Waals surface area contributed by atoms with Gasteiger partial charge in [0.15, 0.2) is 11.5 Å². The molecule has 0 saturated heterocycles. The molecule has 0 spiro atoms. The van der Waals surface area contributed by atoms with Crippen LogP contribution in [0, 0.1) is 5.92 Å². The summed E-state index contributed by atoms with van der Waals surface area (Å²) in [5.74, 6) is 0.200. The third kappa shape index (κ3) is 4.16. The van der Waals surface area contributed by atoms with Gasteiger partial charge in [-0.05, 0) is 30.2 Å². The molecule has 1 aromatic heterocycles. The minimum atomic E-state index is -1.08. The second kappa shape index (κ2) is 6.54. The molecule has 1 aromatic carbocycles. The van der Waals surface area contributed by atoms with Crippen LogP contribution < -0.4 is 5.32 Å². The third-order valence-corrected chi connectivity index (χ3v) is 2.99. The van der Waals surface area contributed by atoms with E-state index in [1.54, 1.807) is 24.3 Å². The lowest BCUT2D eigenvalue weighted by Crippen LogP contribution is -2.12. The van der Waals surface area contributed by atoms with E-state index in [-0.39, 0.29) is 5.69 Å². The number of aromatic carboxylic acids is 1. The Balaban J connectivity index is 2.39. The van der Waals surface area contributed by atoms with Crippen LogP contribution in [0.25, 0.3) is 11.4 Å². The van der Waals surface area contributed by atoms with E-state index < -0.39 is 5.97 Å². The number of halogens is 1. The van der Waals surface area contributed by atoms with Crippen LogP contribution in [-0.4, -0.2) is 27.6 Å². The van der Waals surface area contributed by atoms with Gasteiger partial charge < -0.3 is 10.4 Å². The lowest BCUT2D eigenvalue weighted by atomic mass is 10.2. The second-order valence-electron chi connectivity index (χ2n) is 5.05. The van der Waals surface area contributed by atoms with Gasteiger partial charge in [-0.3, -0.25) is 0 Å². The molecule has 0 amide bonds. The van der Waals surface area contributed by atoms with Crippen molar-refractivity contribution in [2.75, 3.05) is 11.9 Å². The van der Waals surface area contributed by atoms with Gasteiger partial charge in [-0.15, -0.1) is 0 Å². The molecular formula is C15H16ClN3O2. The Bertz CT molecular complexity index is 642. The van der Waals surface area contributed by atoms with E-state index in [9.17, 15) is 4.79 Å². The van der Waals surface area contributed by atoms with Crippen molar-refractivity contribution in [3.05, 3.63) is 41.0 Å². The standard InChI is InChI=1S/C15H16ClN3O2/c1-9(2)8-17-13-7-12(15(20)21)18-14(19-13)10-3-5-11(16)6-4-10/h3-7,9H,8H2,1-2H3,(H,20,21)(H,17,18,19). The molecule has 2 N–H and O–H groups in total. The van der Waals surface area contributed by atoms with Crippen molar-refractivity contribution in [3.8, 4) is 11.4 Å². The van der Waals surface area contributed by atoms with Gasteiger partial charge in [0.2, 0.25) is 0 Å². The number of anilines is 1. The molecule has 0 atom stereocenters. The van der Waals surface area contributed by atoms with Gasteiger partial charge in [0.1, 0.15) is 5.82 Å². The van der Waals surface area contributed by atoms with Crippen molar-refractivity contribution in [2.45, 2.75) is 13.8 Å². The average molecular weight is 306 g/mol. The molecule has 0 fully saturated rings. The Morgan fingerprint density at radius 1 is 1.29 bits per heavy atom. The summed E-state index contributed by atoms with van der Waals surface area (Å²) >= 11 is 5.85. The molecule has 0 aliphatic rings. The highest BCUT2D eigenvalue weighted by Gasteiger charge is 2.12. The quantitative estimate of drug-likeness (QED) is 0.883. The van der Waals surface area contributed by atoms with Crippen molar-refractivity contribution >= 4 is 23.4 Å². The molecule has 6 heteroatoms. The van der Waals surface area contributed by atoms with E-state index in [4.69, 9.17) is 16.7 Å². The number of carboxylic acids is 1. The SMILES string of the molecule is CC(C)CNc1cc(C(=O)O)nc(-c2ccc(Cl)cc2)n1. The number of aromatic nitrogens is 2. The summed E-state index contributed by atoms with van der Waals surface area (Å²) in [7, 11) is 0. The fourth-order valence-electron chi connectivity index (χ4n) is 1.68. The first kappa shape index (κ1) is 15.3. The number of hydrogen-bond donors (Lipinski definition) is 2. The molecule has 110 valence electrons. The number of benzene rings is 1. The zero-order valence-electron chi connectivity index (χ0n) is 11.8. The second-order valence-corrected chi connectivity index (χ2v) is 5.49. The Hall–Kier alpha value is -2.14. The molecule has 0 radical (unpaired) electrons. The maximum Gasteiger partial charge on any atom is 0.354 e. The van der Waals surface area contributed by atoms with Gasteiger partial charge in [-0.25, -0.2) is 14.8 Å². The summed E-state index contributed by atoms with van der Waals surface area (Å²) < 4.78 is 0. The highest BCUT2D eigenvalue weighted by Crippen LogP contribution is 2.20. The van der Waals surface area contributed by atoms with E-state index in [1.807, 2.05) is 0 Å². The van der Waals surface area contributed by atoms with Crippen LogP contribution in [0.4, 0.5) is 5.82 Å². The maximum atomic E-state index is 11.2. The number of carboxylic acid groups (broad SMARTS) is 1. The zero-order chi connectivity index (χ0) is 15.4. The molecule has 0 aliphatic heterocycles. The lowest BCUT2D eigenvalue weighted by Gasteiger charge is -2.10. The number of nitrogens with zero attached hydrogens (tertiary/aromatic N) is 2. The predicted octanol–water partition coefficient (Wildman–Crippen LogP) is 3.56. The molecule has 0 unspecified atom stereocenters. The number of hydrogen-bond acceptors (Lipinski definition) is 4. The van der Waals surface area contributed by atoms with Crippen LogP contribution in [0.3, 0.4) is 0 Å². The fraction of sp³-hybridized carbons (Fsp3) is 0.267. The smallest absolute Gasteiger partial charge is 0.354 e. The van der Waals surface area contributed by atoms with Gasteiger partial charge in [0, 0.05) is 23.2 Å². The zero-order valence-corrected chi connectivity index (χ0v) is 12.6.